The molecule has 0 amide bonds. The van der Waals surface area contributed by atoms with E-state index in [1.807, 2.05) is 0 Å². The first-order valence-electron chi connectivity index (χ1n) is 4.58. The molecule has 96 valence electrons. The minimum Gasteiger partial charge on any atom is -0.388 e. The third kappa shape index (κ3) is 3.46. The Morgan fingerprint density at radius 3 is 2.44 bits per heavy atom. The maximum Gasteiger partial charge on any atom is 0.469 e. The van der Waals surface area contributed by atoms with E-state index in [0.29, 0.717) is 0 Å². The van der Waals surface area contributed by atoms with Gasteiger partial charge in [-0.1, -0.05) is 0 Å². The lowest BCUT2D eigenvalue weighted by molar-refractivity contribution is -0.204. The highest BCUT2D eigenvalue weighted by atomic mass is 31.2. The number of aliphatic hydroxyl groups excluding tert-OH is 2. The van der Waals surface area contributed by atoms with E-state index < -0.39 is 45.0 Å². The van der Waals surface area contributed by atoms with Crippen molar-refractivity contribution in [2.24, 2.45) is 0 Å². The summed E-state index contributed by atoms with van der Waals surface area (Å²) < 4.78 is 32.8. The zero-order valence-corrected chi connectivity index (χ0v) is 9.33. The average molecular weight is 260 g/mol. The van der Waals surface area contributed by atoms with Crippen molar-refractivity contribution in [3.8, 4) is 0 Å². The second-order valence-electron chi connectivity index (χ2n) is 3.59. The zero-order valence-electron chi connectivity index (χ0n) is 8.43. The van der Waals surface area contributed by atoms with Gasteiger partial charge in [-0.05, 0) is 6.92 Å². The number of alkyl halides is 1. The lowest BCUT2D eigenvalue weighted by Gasteiger charge is -2.37. The molecular formula is C7H14FO7P. The van der Waals surface area contributed by atoms with Crippen LogP contribution >= 0.6 is 7.82 Å². The standard InChI is InChI=1S/C7H14FO7P/c1-3-6(9)7(10)5(8)4(15-3)2-14-16(11,12)13/h3-7,9-10H,2H2,1H3,(H2,11,12,13)/t3-,4-,5-,6-,7+/m1/s1. The molecule has 1 rings (SSSR count). The van der Waals surface area contributed by atoms with E-state index >= 15 is 0 Å². The molecule has 1 aliphatic rings. The van der Waals surface area contributed by atoms with Gasteiger partial charge in [0.25, 0.3) is 0 Å². The molecule has 5 atom stereocenters. The van der Waals surface area contributed by atoms with Crippen LogP contribution in [0.5, 0.6) is 0 Å². The maximum absolute atomic E-state index is 13.4. The summed E-state index contributed by atoms with van der Waals surface area (Å²) in [5.74, 6) is 0. The molecule has 9 heteroatoms. The Morgan fingerprint density at radius 2 is 1.94 bits per heavy atom. The van der Waals surface area contributed by atoms with Crippen LogP contribution in [-0.4, -0.2) is 57.2 Å². The Hall–Kier alpha value is -0.0800. The van der Waals surface area contributed by atoms with Gasteiger partial charge in [-0.2, -0.15) is 0 Å². The predicted octanol–water partition coefficient (Wildman–Crippen LogP) is -1.06. The molecule has 0 aliphatic carbocycles. The fraction of sp³-hybridized carbons (Fsp3) is 1.00. The topological polar surface area (TPSA) is 116 Å². The third-order valence-corrected chi connectivity index (χ3v) is 2.79. The minimum atomic E-state index is -4.70. The minimum absolute atomic E-state index is 0.695. The molecule has 0 radical (unpaired) electrons. The van der Waals surface area contributed by atoms with Gasteiger partial charge in [0.1, 0.15) is 18.3 Å². The van der Waals surface area contributed by atoms with Gasteiger partial charge in [0, 0.05) is 0 Å². The van der Waals surface area contributed by atoms with Crippen molar-refractivity contribution in [1.82, 2.24) is 0 Å². The Labute approximate surface area is 91.0 Å². The van der Waals surface area contributed by atoms with Gasteiger partial charge in [0.15, 0.2) is 6.17 Å². The van der Waals surface area contributed by atoms with Crippen LogP contribution in [0.3, 0.4) is 0 Å². The summed E-state index contributed by atoms with van der Waals surface area (Å²) in [6.45, 7) is 0.712. The Bertz CT molecular complexity index is 282. The molecule has 0 saturated carbocycles. The van der Waals surface area contributed by atoms with Gasteiger partial charge < -0.3 is 24.7 Å². The van der Waals surface area contributed by atoms with E-state index in [9.17, 15) is 19.2 Å². The molecule has 0 spiro atoms. The number of halogens is 1. The van der Waals surface area contributed by atoms with Crippen molar-refractivity contribution < 1.29 is 38.2 Å². The number of phosphoric acid groups is 1. The molecule has 0 aromatic rings. The lowest BCUT2D eigenvalue weighted by atomic mass is 9.97. The smallest absolute Gasteiger partial charge is 0.388 e. The van der Waals surface area contributed by atoms with Crippen LogP contribution in [0.25, 0.3) is 0 Å². The number of rotatable bonds is 3. The van der Waals surface area contributed by atoms with Crippen LogP contribution in [0.4, 0.5) is 4.39 Å². The molecule has 1 heterocycles. The van der Waals surface area contributed by atoms with Gasteiger partial charge in [0.05, 0.1) is 12.7 Å². The molecular weight excluding hydrogens is 246 g/mol. The van der Waals surface area contributed by atoms with Gasteiger partial charge in [-0.3, -0.25) is 4.52 Å². The highest BCUT2D eigenvalue weighted by Gasteiger charge is 2.43. The number of hydrogen-bond acceptors (Lipinski definition) is 5. The van der Waals surface area contributed by atoms with Crippen molar-refractivity contribution in [2.45, 2.75) is 37.5 Å². The molecule has 4 N–H and O–H groups in total. The van der Waals surface area contributed by atoms with Crippen LogP contribution in [-0.2, 0) is 13.8 Å². The normalized spacial score (nSPS) is 41.0. The van der Waals surface area contributed by atoms with Crippen LogP contribution < -0.4 is 0 Å². The molecule has 16 heavy (non-hydrogen) atoms. The SMILES string of the molecule is C[C@H]1O[C@H](COP(=O)(O)O)[C@@H](F)[C@H](O)[C@@H]1O. The quantitative estimate of drug-likeness (QED) is 0.478. The van der Waals surface area contributed by atoms with Crippen LogP contribution in [0.1, 0.15) is 6.92 Å². The zero-order chi connectivity index (χ0) is 12.5. The highest BCUT2D eigenvalue weighted by Crippen LogP contribution is 2.37. The first-order chi connectivity index (χ1) is 7.22. The number of ether oxygens (including phenoxy) is 1. The molecule has 0 unspecified atom stereocenters. The van der Waals surface area contributed by atoms with E-state index in [-0.39, 0.29) is 0 Å². The van der Waals surface area contributed by atoms with Crippen molar-refractivity contribution in [3.63, 3.8) is 0 Å². The van der Waals surface area contributed by atoms with Gasteiger partial charge in [-0.25, -0.2) is 8.96 Å². The Balaban J connectivity index is 2.57. The Morgan fingerprint density at radius 1 is 1.38 bits per heavy atom. The lowest BCUT2D eigenvalue weighted by Crippen LogP contribution is -2.56. The van der Waals surface area contributed by atoms with Crippen molar-refractivity contribution in [3.05, 3.63) is 0 Å². The first-order valence-corrected chi connectivity index (χ1v) is 6.11. The monoisotopic (exact) mass is 260 g/mol. The van der Waals surface area contributed by atoms with E-state index in [4.69, 9.17) is 14.5 Å². The summed E-state index contributed by atoms with van der Waals surface area (Å²) in [5.41, 5.74) is 0. The summed E-state index contributed by atoms with van der Waals surface area (Å²) in [6, 6.07) is 0. The van der Waals surface area contributed by atoms with Gasteiger partial charge >= 0.3 is 7.82 Å². The van der Waals surface area contributed by atoms with Crippen LogP contribution in [0, 0.1) is 0 Å². The molecule has 1 fully saturated rings. The maximum atomic E-state index is 13.4. The summed E-state index contributed by atoms with van der Waals surface area (Å²) in [7, 11) is -4.70. The third-order valence-electron chi connectivity index (χ3n) is 2.31. The van der Waals surface area contributed by atoms with E-state index in [2.05, 4.69) is 4.52 Å². The fourth-order valence-electron chi connectivity index (χ4n) is 1.42. The molecule has 0 aromatic carbocycles. The largest absolute Gasteiger partial charge is 0.469 e. The summed E-state index contributed by atoms with van der Waals surface area (Å²) in [5, 5.41) is 18.5. The van der Waals surface area contributed by atoms with E-state index in [0.717, 1.165) is 0 Å². The van der Waals surface area contributed by atoms with Crippen molar-refractivity contribution >= 4 is 7.82 Å². The van der Waals surface area contributed by atoms with Crippen molar-refractivity contribution in [1.29, 1.82) is 0 Å². The molecule has 0 bridgehead atoms. The molecule has 1 saturated heterocycles. The number of hydrogen-bond donors (Lipinski definition) is 4. The Kier molecular flexibility index (Phi) is 4.42. The van der Waals surface area contributed by atoms with Crippen LogP contribution in [0.2, 0.25) is 0 Å². The molecule has 7 nitrogen and oxygen atoms in total. The first kappa shape index (κ1) is 14.0. The van der Waals surface area contributed by atoms with Gasteiger partial charge in [-0.15, -0.1) is 0 Å². The second kappa shape index (κ2) is 5.05. The summed E-state index contributed by atoms with van der Waals surface area (Å²) in [4.78, 5) is 16.8. The van der Waals surface area contributed by atoms with Gasteiger partial charge in [0.2, 0.25) is 0 Å². The highest BCUT2D eigenvalue weighted by molar-refractivity contribution is 7.46. The summed E-state index contributed by atoms with van der Waals surface area (Å²) >= 11 is 0. The number of aliphatic hydroxyl groups is 2. The van der Waals surface area contributed by atoms with Crippen LogP contribution in [0.15, 0.2) is 0 Å². The van der Waals surface area contributed by atoms with E-state index in [1.165, 1.54) is 6.92 Å². The van der Waals surface area contributed by atoms with E-state index in [1.54, 1.807) is 0 Å². The molecule has 1 aliphatic heterocycles. The van der Waals surface area contributed by atoms with Crippen molar-refractivity contribution in [2.75, 3.05) is 6.61 Å². The fourth-order valence-corrected chi connectivity index (χ4v) is 1.76. The summed E-state index contributed by atoms with van der Waals surface area (Å²) in [6.07, 6.45) is -7.15. The average Bonchev–Trinajstić information content (AvgIpc) is 2.17. The molecule has 0 aromatic heterocycles. The number of phosphoric ester groups is 1. The predicted molar refractivity (Wildman–Crippen MR) is 49.2 cm³/mol. The second-order valence-corrected chi connectivity index (χ2v) is 4.83.